The van der Waals surface area contributed by atoms with E-state index in [1.54, 1.807) is 0 Å². The first-order chi connectivity index (χ1) is 9.98. The van der Waals surface area contributed by atoms with Gasteiger partial charge in [-0.15, -0.1) is 0 Å². The van der Waals surface area contributed by atoms with Gasteiger partial charge in [0.25, 0.3) is 0 Å². The summed E-state index contributed by atoms with van der Waals surface area (Å²) < 4.78 is 17.6. The normalized spacial score (nSPS) is 41.8. The molecule has 0 aromatic carbocycles. The highest BCUT2D eigenvalue weighted by Gasteiger charge is 2.65. The van der Waals surface area contributed by atoms with E-state index in [2.05, 4.69) is 13.8 Å². The van der Waals surface area contributed by atoms with Crippen molar-refractivity contribution in [3.63, 3.8) is 0 Å². The highest BCUT2D eigenvalue weighted by molar-refractivity contribution is 5.77. The first kappa shape index (κ1) is 15.3. The number of rotatable bonds is 2. The molecular weight excluding hydrogens is 268 g/mol. The molecule has 0 bridgehead atoms. The van der Waals surface area contributed by atoms with Crippen LogP contribution in [-0.2, 0) is 19.0 Å². The Morgan fingerprint density at radius 1 is 1.14 bits per heavy atom. The summed E-state index contributed by atoms with van der Waals surface area (Å²) in [5, 5.41) is 0. The van der Waals surface area contributed by atoms with Gasteiger partial charge in [-0.1, -0.05) is 13.3 Å². The second-order valence-corrected chi connectivity index (χ2v) is 7.30. The number of esters is 1. The van der Waals surface area contributed by atoms with E-state index >= 15 is 0 Å². The second kappa shape index (κ2) is 5.24. The molecule has 4 nitrogen and oxygen atoms in total. The number of ether oxygens (including phenoxy) is 3. The minimum absolute atomic E-state index is 0.0315. The van der Waals surface area contributed by atoms with Crippen LogP contribution in [0.2, 0.25) is 0 Å². The second-order valence-electron chi connectivity index (χ2n) is 7.30. The molecule has 1 spiro atoms. The number of carbonyl (C=O) groups is 1. The maximum Gasteiger partial charge on any atom is 0.312 e. The average Bonchev–Trinajstić information content (AvgIpc) is 2.92. The third kappa shape index (κ3) is 2.06. The maximum atomic E-state index is 12.6. The molecule has 3 fully saturated rings. The average molecular weight is 296 g/mol. The van der Waals surface area contributed by atoms with Crippen molar-refractivity contribution in [3.05, 3.63) is 0 Å². The molecule has 2 saturated carbocycles. The first-order valence-corrected chi connectivity index (χ1v) is 8.44. The molecule has 3 atom stereocenters. The van der Waals surface area contributed by atoms with Gasteiger partial charge in [0.2, 0.25) is 0 Å². The molecule has 0 radical (unpaired) electrons. The van der Waals surface area contributed by atoms with E-state index in [-0.39, 0.29) is 17.3 Å². The van der Waals surface area contributed by atoms with Crippen molar-refractivity contribution in [2.75, 3.05) is 19.8 Å². The van der Waals surface area contributed by atoms with Gasteiger partial charge in [0.1, 0.15) is 0 Å². The topological polar surface area (TPSA) is 44.8 Å². The molecular formula is C17H28O4. The van der Waals surface area contributed by atoms with Gasteiger partial charge in [-0.25, -0.2) is 0 Å². The Balaban J connectivity index is 1.96. The van der Waals surface area contributed by atoms with Crippen molar-refractivity contribution < 1.29 is 19.0 Å². The monoisotopic (exact) mass is 296 g/mol. The first-order valence-electron chi connectivity index (χ1n) is 8.44. The van der Waals surface area contributed by atoms with Gasteiger partial charge >= 0.3 is 5.97 Å². The van der Waals surface area contributed by atoms with Crippen LogP contribution in [0.1, 0.15) is 59.3 Å². The summed E-state index contributed by atoms with van der Waals surface area (Å²) in [5.41, 5.74) is -0.479. The molecule has 0 aromatic rings. The summed E-state index contributed by atoms with van der Waals surface area (Å²) in [6, 6.07) is 0. The molecule has 4 heteroatoms. The lowest BCUT2D eigenvalue weighted by Gasteiger charge is -2.59. The Labute approximate surface area is 127 Å². The fourth-order valence-corrected chi connectivity index (χ4v) is 5.26. The predicted octanol–water partition coefficient (Wildman–Crippen LogP) is 3.29. The lowest BCUT2D eigenvalue weighted by atomic mass is 9.49. The standard InChI is InChI=1S/C17H28O4/c1-4-19-14(18)15(2)8-6-9-16(3)13(15)7-5-10-17(16)20-11-12-21-17/h13H,4-12H2,1-3H3/t13-,15-,16-/m1/s1. The molecule has 1 saturated heterocycles. The minimum atomic E-state index is -0.468. The summed E-state index contributed by atoms with van der Waals surface area (Å²) in [7, 11) is 0. The zero-order chi connectivity index (χ0) is 15.1. The summed E-state index contributed by atoms with van der Waals surface area (Å²) in [5.74, 6) is -0.218. The Bertz CT molecular complexity index is 415. The van der Waals surface area contributed by atoms with Crippen LogP contribution >= 0.6 is 0 Å². The van der Waals surface area contributed by atoms with Crippen LogP contribution in [0, 0.1) is 16.7 Å². The zero-order valence-corrected chi connectivity index (χ0v) is 13.6. The van der Waals surface area contributed by atoms with Crippen LogP contribution in [0.3, 0.4) is 0 Å². The van der Waals surface area contributed by atoms with Crippen LogP contribution in [0.15, 0.2) is 0 Å². The third-order valence-electron chi connectivity index (χ3n) is 6.29. The minimum Gasteiger partial charge on any atom is -0.466 e. The van der Waals surface area contributed by atoms with Crippen molar-refractivity contribution in [1.82, 2.24) is 0 Å². The molecule has 0 N–H and O–H groups in total. The number of hydrogen-bond acceptors (Lipinski definition) is 4. The molecule has 21 heavy (non-hydrogen) atoms. The van der Waals surface area contributed by atoms with Crippen molar-refractivity contribution in [2.24, 2.45) is 16.7 Å². The maximum absolute atomic E-state index is 12.6. The van der Waals surface area contributed by atoms with Gasteiger partial charge in [0.05, 0.1) is 25.2 Å². The quantitative estimate of drug-likeness (QED) is 0.734. The molecule has 0 unspecified atom stereocenters. The van der Waals surface area contributed by atoms with Crippen LogP contribution < -0.4 is 0 Å². The number of fused-ring (bicyclic) bond motifs is 2. The SMILES string of the molecule is CCOC(=O)[C@]1(C)CCC[C@]2(C)[C@@H]1CCCC21OCCO1. The summed E-state index contributed by atoms with van der Waals surface area (Å²) in [6.07, 6.45) is 6.13. The molecule has 0 aromatic heterocycles. The molecule has 0 amide bonds. The van der Waals surface area contributed by atoms with Crippen molar-refractivity contribution in [3.8, 4) is 0 Å². The van der Waals surface area contributed by atoms with Crippen molar-refractivity contribution >= 4 is 5.97 Å². The van der Waals surface area contributed by atoms with E-state index in [1.807, 2.05) is 6.92 Å². The Hall–Kier alpha value is -0.610. The van der Waals surface area contributed by atoms with Crippen molar-refractivity contribution in [1.29, 1.82) is 0 Å². The number of hydrogen-bond donors (Lipinski definition) is 0. The van der Waals surface area contributed by atoms with Crippen LogP contribution in [0.4, 0.5) is 0 Å². The fraction of sp³-hybridized carbons (Fsp3) is 0.941. The van der Waals surface area contributed by atoms with E-state index in [4.69, 9.17) is 14.2 Å². The molecule has 120 valence electrons. The van der Waals surface area contributed by atoms with Crippen molar-refractivity contribution in [2.45, 2.75) is 65.1 Å². The third-order valence-corrected chi connectivity index (χ3v) is 6.29. The van der Waals surface area contributed by atoms with Gasteiger partial charge < -0.3 is 14.2 Å². The smallest absolute Gasteiger partial charge is 0.312 e. The molecule has 2 aliphatic carbocycles. The fourth-order valence-electron chi connectivity index (χ4n) is 5.26. The van der Waals surface area contributed by atoms with Gasteiger partial charge in [0.15, 0.2) is 5.79 Å². The lowest BCUT2D eigenvalue weighted by Crippen LogP contribution is -2.61. The van der Waals surface area contributed by atoms with E-state index in [0.717, 1.165) is 38.5 Å². The Morgan fingerprint density at radius 3 is 2.52 bits per heavy atom. The largest absolute Gasteiger partial charge is 0.466 e. The summed E-state index contributed by atoms with van der Waals surface area (Å²) in [4.78, 5) is 12.6. The number of carbonyl (C=O) groups excluding carboxylic acids is 1. The van der Waals surface area contributed by atoms with Crippen LogP contribution in [0.25, 0.3) is 0 Å². The highest BCUT2D eigenvalue weighted by atomic mass is 16.7. The molecule has 3 aliphatic rings. The van der Waals surface area contributed by atoms with Crippen LogP contribution in [-0.4, -0.2) is 31.6 Å². The Morgan fingerprint density at radius 2 is 1.86 bits per heavy atom. The summed E-state index contributed by atoms with van der Waals surface area (Å²) in [6.45, 7) is 8.07. The van der Waals surface area contributed by atoms with E-state index < -0.39 is 11.2 Å². The molecule has 1 heterocycles. The molecule has 3 rings (SSSR count). The van der Waals surface area contributed by atoms with Gasteiger partial charge in [0, 0.05) is 11.8 Å². The van der Waals surface area contributed by atoms with Crippen LogP contribution in [0.5, 0.6) is 0 Å². The summed E-state index contributed by atoms with van der Waals surface area (Å²) >= 11 is 0. The predicted molar refractivity (Wildman–Crippen MR) is 78.7 cm³/mol. The van der Waals surface area contributed by atoms with E-state index in [1.165, 1.54) is 0 Å². The van der Waals surface area contributed by atoms with E-state index in [9.17, 15) is 4.79 Å². The lowest BCUT2D eigenvalue weighted by molar-refractivity contribution is -0.291. The Kier molecular flexibility index (Phi) is 3.81. The molecule has 1 aliphatic heterocycles. The van der Waals surface area contributed by atoms with Gasteiger partial charge in [-0.05, 0) is 45.4 Å². The van der Waals surface area contributed by atoms with E-state index in [0.29, 0.717) is 19.8 Å². The van der Waals surface area contributed by atoms with Gasteiger partial charge in [-0.3, -0.25) is 4.79 Å². The zero-order valence-electron chi connectivity index (χ0n) is 13.6. The highest BCUT2D eigenvalue weighted by Crippen LogP contribution is 2.63. The van der Waals surface area contributed by atoms with Gasteiger partial charge in [-0.2, -0.15) is 0 Å².